The topological polar surface area (TPSA) is 75.9 Å². The van der Waals surface area contributed by atoms with Gasteiger partial charge in [0.15, 0.2) is 6.10 Å². The molecule has 8 heteroatoms. The Morgan fingerprint density at radius 1 is 1.00 bits per heavy atom. The summed E-state index contributed by atoms with van der Waals surface area (Å²) in [5.74, 6) is -0.381. The summed E-state index contributed by atoms with van der Waals surface area (Å²) in [6, 6.07) is 21.4. The van der Waals surface area contributed by atoms with Gasteiger partial charge in [-0.05, 0) is 49.7 Å². The minimum absolute atomic E-state index is 0.201. The highest BCUT2D eigenvalue weighted by Crippen LogP contribution is 2.56. The van der Waals surface area contributed by atoms with Gasteiger partial charge >= 0.3 is 0 Å². The Kier molecular flexibility index (Phi) is 5.11. The second-order valence-electron chi connectivity index (χ2n) is 8.49. The Labute approximate surface area is 196 Å². The summed E-state index contributed by atoms with van der Waals surface area (Å²) in [5, 5.41) is 14.7. The van der Waals surface area contributed by atoms with E-state index in [1.165, 1.54) is 5.06 Å². The zero-order valence-electron chi connectivity index (χ0n) is 18.1. The second kappa shape index (κ2) is 7.86. The summed E-state index contributed by atoms with van der Waals surface area (Å²) in [6.45, 7) is 3.79. The first-order chi connectivity index (χ1) is 15.9. The maximum absolute atomic E-state index is 14.2. The monoisotopic (exact) mass is 463 g/mol. The molecule has 0 radical (unpaired) electrons. The van der Waals surface area contributed by atoms with Crippen molar-refractivity contribution in [3.63, 3.8) is 0 Å². The van der Waals surface area contributed by atoms with Crippen LogP contribution in [0.1, 0.15) is 31.1 Å². The number of amides is 1. The molecule has 0 saturated carbocycles. The average Bonchev–Trinajstić information content (AvgIpc) is 3.29. The zero-order chi connectivity index (χ0) is 23.3. The third kappa shape index (κ3) is 3.03. The van der Waals surface area contributed by atoms with Gasteiger partial charge in [-0.25, -0.2) is 5.06 Å². The fourth-order valence-electron chi connectivity index (χ4n) is 4.99. The number of para-hydroxylation sites is 1. The number of nitro groups is 1. The molecular formula is C25H22ClN3O4. The number of hydrogen-bond acceptors (Lipinski definition) is 5. The summed E-state index contributed by atoms with van der Waals surface area (Å²) >= 11 is 6.10. The molecule has 168 valence electrons. The summed E-state index contributed by atoms with van der Waals surface area (Å²) < 4.78 is 0. The minimum atomic E-state index is -1.68. The standard InChI is InChI=1S/C25H22ClN3O4/c1-16(2)27-21-11-7-6-10-20(21)25(24(27)30)23(29(31)32)22(17-8-4-3-5-9-17)33-28(25)19-14-12-18(26)13-15-19/h3-16,22-23H,1-2H3/t22-,23-,25-/m0/s1. The number of carbonyl (C=O) groups excluding carboxylic acids is 1. The van der Waals surface area contributed by atoms with Crippen LogP contribution in [0, 0.1) is 10.1 Å². The van der Waals surface area contributed by atoms with Gasteiger partial charge in [-0.3, -0.25) is 19.7 Å². The van der Waals surface area contributed by atoms with Crippen molar-refractivity contribution in [3.05, 3.63) is 105 Å². The number of hydroxylamine groups is 1. The Bertz CT molecular complexity index is 1220. The molecule has 5 rings (SSSR count). The van der Waals surface area contributed by atoms with Gasteiger partial charge in [-0.15, -0.1) is 0 Å². The van der Waals surface area contributed by atoms with Gasteiger partial charge in [0.1, 0.15) is 0 Å². The van der Waals surface area contributed by atoms with Crippen molar-refractivity contribution in [1.29, 1.82) is 0 Å². The van der Waals surface area contributed by atoms with E-state index in [1.54, 1.807) is 65.6 Å². The molecule has 33 heavy (non-hydrogen) atoms. The van der Waals surface area contributed by atoms with Crippen molar-refractivity contribution in [2.24, 2.45) is 0 Å². The van der Waals surface area contributed by atoms with Crippen molar-refractivity contribution in [2.75, 3.05) is 9.96 Å². The number of hydrogen-bond donors (Lipinski definition) is 0. The number of nitrogens with zero attached hydrogens (tertiary/aromatic N) is 3. The van der Waals surface area contributed by atoms with E-state index in [0.29, 0.717) is 27.5 Å². The first-order valence-electron chi connectivity index (χ1n) is 10.7. The lowest BCUT2D eigenvalue weighted by Crippen LogP contribution is -2.58. The normalized spacial score (nSPS) is 24.1. The fraction of sp³-hybridized carbons (Fsp3) is 0.240. The quantitative estimate of drug-likeness (QED) is 0.396. The summed E-state index contributed by atoms with van der Waals surface area (Å²) in [7, 11) is 0. The number of carbonyl (C=O) groups is 1. The second-order valence-corrected chi connectivity index (χ2v) is 8.93. The van der Waals surface area contributed by atoms with E-state index in [2.05, 4.69) is 0 Å². The SMILES string of the molecule is CC(C)N1C(=O)[C@]2(c3ccccc31)[C@@H]([N+](=O)[O-])[C@H](c1ccccc1)ON2c1ccc(Cl)cc1. The van der Waals surface area contributed by atoms with Crippen LogP contribution in [-0.2, 0) is 15.2 Å². The van der Waals surface area contributed by atoms with Crippen LogP contribution in [0.2, 0.25) is 5.02 Å². The first-order valence-corrected chi connectivity index (χ1v) is 11.1. The van der Waals surface area contributed by atoms with Gasteiger partial charge in [0.05, 0.1) is 11.4 Å². The number of benzene rings is 3. The lowest BCUT2D eigenvalue weighted by Gasteiger charge is -2.33. The Morgan fingerprint density at radius 3 is 2.27 bits per heavy atom. The predicted molar refractivity (Wildman–Crippen MR) is 126 cm³/mol. The molecule has 3 aromatic carbocycles. The van der Waals surface area contributed by atoms with E-state index in [1.807, 2.05) is 32.0 Å². The van der Waals surface area contributed by atoms with Crippen molar-refractivity contribution >= 4 is 28.9 Å². The molecule has 3 atom stereocenters. The van der Waals surface area contributed by atoms with Crippen molar-refractivity contribution in [3.8, 4) is 0 Å². The van der Waals surface area contributed by atoms with Crippen LogP contribution in [0.4, 0.5) is 11.4 Å². The van der Waals surface area contributed by atoms with Crippen molar-refractivity contribution in [1.82, 2.24) is 0 Å². The summed E-state index contributed by atoms with van der Waals surface area (Å²) in [4.78, 5) is 34.5. The van der Waals surface area contributed by atoms with Gasteiger partial charge in [0, 0.05) is 21.6 Å². The van der Waals surface area contributed by atoms with E-state index >= 15 is 0 Å². The van der Waals surface area contributed by atoms with Gasteiger partial charge in [0.25, 0.3) is 11.9 Å². The first kappa shape index (κ1) is 21.4. The van der Waals surface area contributed by atoms with E-state index in [4.69, 9.17) is 16.4 Å². The largest absolute Gasteiger partial charge is 0.307 e. The molecule has 7 nitrogen and oxygen atoms in total. The van der Waals surface area contributed by atoms with Crippen LogP contribution in [0.15, 0.2) is 78.9 Å². The molecule has 2 aliphatic heterocycles. The number of halogens is 1. The highest BCUT2D eigenvalue weighted by atomic mass is 35.5. The van der Waals surface area contributed by atoms with Gasteiger partial charge < -0.3 is 4.90 Å². The molecule has 0 N–H and O–H groups in total. The zero-order valence-corrected chi connectivity index (χ0v) is 18.8. The molecule has 0 aromatic heterocycles. The molecule has 0 unspecified atom stereocenters. The molecule has 2 aliphatic rings. The molecule has 2 heterocycles. The Morgan fingerprint density at radius 2 is 1.64 bits per heavy atom. The highest BCUT2D eigenvalue weighted by molar-refractivity contribution is 6.30. The minimum Gasteiger partial charge on any atom is -0.307 e. The molecular weight excluding hydrogens is 442 g/mol. The van der Waals surface area contributed by atoms with Crippen LogP contribution < -0.4 is 9.96 Å². The average molecular weight is 464 g/mol. The molecule has 3 aromatic rings. The van der Waals surface area contributed by atoms with Crippen LogP contribution in [0.5, 0.6) is 0 Å². The Hall–Kier alpha value is -3.42. The third-order valence-corrected chi connectivity index (χ3v) is 6.56. The van der Waals surface area contributed by atoms with Crippen LogP contribution in [-0.4, -0.2) is 22.9 Å². The van der Waals surface area contributed by atoms with E-state index in [-0.39, 0.29) is 16.9 Å². The maximum atomic E-state index is 14.2. The molecule has 1 fully saturated rings. The van der Waals surface area contributed by atoms with E-state index < -0.39 is 17.7 Å². The molecule has 1 spiro atoms. The smallest absolute Gasteiger partial charge is 0.284 e. The number of rotatable bonds is 4. The molecule has 1 amide bonds. The summed E-state index contributed by atoms with van der Waals surface area (Å²) in [6.07, 6.45) is -0.971. The molecule has 0 aliphatic carbocycles. The van der Waals surface area contributed by atoms with Gasteiger partial charge in [-0.2, -0.15) is 0 Å². The Balaban J connectivity index is 1.82. The lowest BCUT2D eigenvalue weighted by atomic mass is 9.80. The van der Waals surface area contributed by atoms with Crippen molar-refractivity contribution < 1.29 is 14.6 Å². The molecule has 1 saturated heterocycles. The van der Waals surface area contributed by atoms with Gasteiger partial charge in [0.2, 0.25) is 5.54 Å². The summed E-state index contributed by atoms with van der Waals surface area (Å²) in [5.41, 5.74) is 0.666. The highest BCUT2D eigenvalue weighted by Gasteiger charge is 2.73. The predicted octanol–water partition coefficient (Wildman–Crippen LogP) is 5.13. The van der Waals surface area contributed by atoms with Crippen LogP contribution in [0.3, 0.4) is 0 Å². The molecule has 0 bridgehead atoms. The number of fused-ring (bicyclic) bond motifs is 2. The van der Waals surface area contributed by atoms with E-state index in [0.717, 1.165) is 0 Å². The van der Waals surface area contributed by atoms with Gasteiger partial charge in [-0.1, -0.05) is 60.1 Å². The van der Waals surface area contributed by atoms with Crippen LogP contribution >= 0.6 is 11.6 Å². The fourth-order valence-corrected chi connectivity index (χ4v) is 5.12. The maximum Gasteiger partial charge on any atom is 0.284 e. The number of anilines is 2. The van der Waals surface area contributed by atoms with E-state index in [9.17, 15) is 14.9 Å². The van der Waals surface area contributed by atoms with Crippen molar-refractivity contribution in [2.45, 2.75) is 37.6 Å². The lowest BCUT2D eigenvalue weighted by molar-refractivity contribution is -0.535. The third-order valence-electron chi connectivity index (χ3n) is 6.31. The van der Waals surface area contributed by atoms with Crippen LogP contribution in [0.25, 0.3) is 0 Å².